The first-order valence-electron chi connectivity index (χ1n) is 4.51. The Hall–Kier alpha value is -2.51. The molecule has 0 saturated carbocycles. The summed E-state index contributed by atoms with van der Waals surface area (Å²) in [5.41, 5.74) is 6.72. The number of nitrogens with one attached hydrogen (secondary N) is 1. The molecule has 0 unspecified atom stereocenters. The van der Waals surface area contributed by atoms with Crippen molar-refractivity contribution in [1.29, 1.82) is 0 Å². The molecule has 0 spiro atoms. The van der Waals surface area contributed by atoms with E-state index in [2.05, 4.69) is 30.1 Å². The number of anilines is 1. The number of imidazole rings is 1. The van der Waals surface area contributed by atoms with E-state index in [9.17, 15) is 0 Å². The minimum absolute atomic E-state index is 0.227. The second-order valence-corrected chi connectivity index (χ2v) is 3.18. The lowest BCUT2D eigenvalue weighted by molar-refractivity contribution is 0.394. The summed E-state index contributed by atoms with van der Waals surface area (Å²) in [6.07, 6.45) is 1.40. The van der Waals surface area contributed by atoms with Gasteiger partial charge in [-0.3, -0.25) is 0 Å². The average molecular weight is 217 g/mol. The zero-order valence-corrected chi connectivity index (χ0v) is 8.30. The molecule has 8 nitrogen and oxygen atoms in total. The number of rotatable bonds is 1. The molecule has 2 aliphatic heterocycles. The maximum absolute atomic E-state index is 5.61. The van der Waals surface area contributed by atoms with Crippen molar-refractivity contribution >= 4 is 5.95 Å². The van der Waals surface area contributed by atoms with Crippen LogP contribution in [0.2, 0.25) is 0 Å². The lowest BCUT2D eigenvalue weighted by Gasteiger charge is -2.02. The van der Waals surface area contributed by atoms with Crippen LogP contribution in [0.4, 0.5) is 5.95 Å². The molecule has 0 bridgehead atoms. The van der Waals surface area contributed by atoms with Gasteiger partial charge >= 0.3 is 0 Å². The monoisotopic (exact) mass is 217 g/mol. The van der Waals surface area contributed by atoms with Crippen molar-refractivity contribution in [1.82, 2.24) is 30.1 Å². The first-order valence-corrected chi connectivity index (χ1v) is 4.51. The van der Waals surface area contributed by atoms with Gasteiger partial charge in [0.05, 0.1) is 0 Å². The number of aryl methyl sites for hydroxylation is 1. The van der Waals surface area contributed by atoms with E-state index in [0.717, 1.165) is 0 Å². The Kier molecular flexibility index (Phi) is 1.64. The number of fused-ring (bicyclic) bond motifs is 1. The largest absolute Gasteiger partial charge is 0.369 e. The summed E-state index contributed by atoms with van der Waals surface area (Å²) in [5, 5.41) is 3.79. The van der Waals surface area contributed by atoms with Crippen LogP contribution in [-0.2, 0) is 0 Å². The molecule has 3 N–H and O–H groups in total. The van der Waals surface area contributed by atoms with Gasteiger partial charge in [0.1, 0.15) is 17.7 Å². The van der Waals surface area contributed by atoms with Crippen LogP contribution in [0.3, 0.4) is 0 Å². The zero-order chi connectivity index (χ0) is 11.1. The lowest BCUT2D eigenvalue weighted by atomic mass is 10.3. The molecule has 3 heterocycles. The van der Waals surface area contributed by atoms with Gasteiger partial charge in [0.15, 0.2) is 11.8 Å². The van der Waals surface area contributed by atoms with Crippen LogP contribution in [0.15, 0.2) is 10.9 Å². The van der Waals surface area contributed by atoms with Crippen LogP contribution in [-0.4, -0.2) is 30.1 Å². The van der Waals surface area contributed by atoms with E-state index >= 15 is 0 Å². The molecule has 0 amide bonds. The fourth-order valence-electron chi connectivity index (χ4n) is 1.41. The summed E-state index contributed by atoms with van der Waals surface area (Å²) in [5.74, 6) is 1.53. The third-order valence-corrected chi connectivity index (χ3v) is 2.05. The van der Waals surface area contributed by atoms with E-state index in [1.165, 1.54) is 6.33 Å². The van der Waals surface area contributed by atoms with Crippen LogP contribution in [0.1, 0.15) is 5.89 Å². The number of nitrogen functional groups attached to an aromatic ring is 1. The highest BCUT2D eigenvalue weighted by molar-refractivity contribution is 5.72. The van der Waals surface area contributed by atoms with E-state index in [-0.39, 0.29) is 5.95 Å². The third-order valence-electron chi connectivity index (χ3n) is 2.05. The quantitative estimate of drug-likeness (QED) is 0.599. The van der Waals surface area contributed by atoms with Gasteiger partial charge in [0.25, 0.3) is 0 Å². The van der Waals surface area contributed by atoms with Gasteiger partial charge < -0.3 is 15.2 Å². The normalized spacial score (nSPS) is 11.1. The molecule has 0 aliphatic carbocycles. The Labute approximate surface area is 89.3 Å². The highest BCUT2D eigenvalue weighted by atomic mass is 16.5. The fraction of sp³-hybridized carbons (Fsp3) is 0.125. The van der Waals surface area contributed by atoms with Crippen molar-refractivity contribution in [2.45, 2.75) is 6.92 Å². The molecule has 80 valence electrons. The predicted molar refractivity (Wildman–Crippen MR) is 53.2 cm³/mol. The number of aromatic amines is 1. The van der Waals surface area contributed by atoms with Gasteiger partial charge in [-0.1, -0.05) is 5.16 Å². The number of nitrogens with zero attached hydrogens (tertiary/aromatic N) is 5. The number of hydrogen-bond donors (Lipinski definition) is 2. The standard InChI is InChI=1S/C8H7N7O/c1-3-12-7(15-16-3)5-4-6(11-2-10-4)14-8(9)13-5/h2H,1H3,(H3,9,10,11,13,14). The topological polar surface area (TPSA) is 119 Å². The van der Waals surface area contributed by atoms with E-state index in [0.29, 0.717) is 28.9 Å². The molecule has 0 saturated heterocycles. The molecule has 8 heteroatoms. The third kappa shape index (κ3) is 1.20. The minimum Gasteiger partial charge on any atom is -0.369 e. The van der Waals surface area contributed by atoms with Gasteiger partial charge in [-0.2, -0.15) is 9.97 Å². The second kappa shape index (κ2) is 2.99. The van der Waals surface area contributed by atoms with Crippen molar-refractivity contribution < 1.29 is 4.52 Å². The van der Waals surface area contributed by atoms with Gasteiger partial charge in [-0.25, -0.2) is 9.97 Å². The number of nitrogens with two attached hydrogens (primary N) is 1. The predicted octanol–water partition coefficient (Wildman–Crippen LogP) is 0.245. The molecular formula is C8H7N7O. The molecule has 0 aromatic carbocycles. The summed E-state index contributed by atoms with van der Waals surface area (Å²) in [6.45, 7) is 1.70. The Balaban J connectivity index is 2.27. The highest BCUT2D eigenvalue weighted by Gasteiger charge is 2.19. The Morgan fingerprint density at radius 1 is 1.25 bits per heavy atom. The molecule has 3 rings (SSSR count). The summed E-state index contributed by atoms with van der Waals surface area (Å²) >= 11 is 0. The molecule has 2 aliphatic rings. The molecule has 0 atom stereocenters. The Bertz CT molecular complexity index is 613. The average Bonchev–Trinajstić information content (AvgIpc) is 2.84. The molecule has 1 aromatic rings. The fourth-order valence-corrected chi connectivity index (χ4v) is 1.41. The number of H-pyrrole nitrogens is 1. The van der Waals surface area contributed by atoms with Crippen LogP contribution in [0, 0.1) is 6.92 Å². The smallest absolute Gasteiger partial charge is 0.223 e. The molecule has 16 heavy (non-hydrogen) atoms. The summed E-state index contributed by atoms with van der Waals surface area (Å²) in [7, 11) is 0. The number of aromatic nitrogens is 6. The minimum atomic E-state index is 0.227. The van der Waals surface area contributed by atoms with E-state index in [1.54, 1.807) is 6.92 Å². The van der Waals surface area contributed by atoms with Crippen LogP contribution >= 0.6 is 0 Å². The van der Waals surface area contributed by atoms with Crippen LogP contribution in [0.5, 0.6) is 0 Å². The summed E-state index contributed by atoms with van der Waals surface area (Å²) in [6, 6.07) is 0. The van der Waals surface area contributed by atoms with Crippen molar-refractivity contribution in [3.05, 3.63) is 12.2 Å². The maximum atomic E-state index is 5.61. The summed E-state index contributed by atoms with van der Waals surface area (Å²) in [4.78, 5) is 19.0. The Morgan fingerprint density at radius 3 is 2.88 bits per heavy atom. The molecular weight excluding hydrogens is 210 g/mol. The Morgan fingerprint density at radius 2 is 2.12 bits per heavy atom. The first kappa shape index (κ1) is 8.77. The van der Waals surface area contributed by atoms with Crippen LogP contribution in [0.25, 0.3) is 23.0 Å². The lowest BCUT2D eigenvalue weighted by Crippen LogP contribution is -2.02. The SMILES string of the molecule is Cc1nc(-c2[nH]c(N)nc3ncnc2-3)no1. The van der Waals surface area contributed by atoms with Crippen LogP contribution < -0.4 is 5.73 Å². The van der Waals surface area contributed by atoms with Crippen molar-refractivity contribution in [3.8, 4) is 23.0 Å². The highest BCUT2D eigenvalue weighted by Crippen LogP contribution is 2.26. The summed E-state index contributed by atoms with van der Waals surface area (Å²) < 4.78 is 4.89. The van der Waals surface area contributed by atoms with Gasteiger partial charge in [-0.05, 0) is 0 Å². The molecule has 1 aromatic heterocycles. The molecule has 0 radical (unpaired) electrons. The van der Waals surface area contributed by atoms with Gasteiger partial charge in [-0.15, -0.1) is 0 Å². The van der Waals surface area contributed by atoms with Crippen molar-refractivity contribution in [2.75, 3.05) is 5.73 Å². The zero-order valence-electron chi connectivity index (χ0n) is 8.30. The van der Waals surface area contributed by atoms with Gasteiger partial charge in [0, 0.05) is 6.92 Å². The number of hydrogen-bond acceptors (Lipinski definition) is 7. The first-order chi connectivity index (χ1) is 7.74. The van der Waals surface area contributed by atoms with Gasteiger partial charge in [0.2, 0.25) is 11.7 Å². The van der Waals surface area contributed by atoms with E-state index in [4.69, 9.17) is 10.3 Å². The van der Waals surface area contributed by atoms with Crippen molar-refractivity contribution in [3.63, 3.8) is 0 Å². The van der Waals surface area contributed by atoms with Crippen molar-refractivity contribution in [2.24, 2.45) is 0 Å². The van der Waals surface area contributed by atoms with E-state index < -0.39 is 0 Å². The second-order valence-electron chi connectivity index (χ2n) is 3.18. The molecule has 0 fully saturated rings. The van der Waals surface area contributed by atoms with E-state index in [1.807, 2.05) is 0 Å². The maximum Gasteiger partial charge on any atom is 0.223 e.